The van der Waals surface area contributed by atoms with Crippen LogP contribution in [0.25, 0.3) is 0 Å². The number of amides is 2. The molecule has 3 aromatic rings. The quantitative estimate of drug-likeness (QED) is 0.751. The topological polar surface area (TPSA) is 62.3 Å². The summed E-state index contributed by atoms with van der Waals surface area (Å²) in [5.74, 6) is -0.613. The largest absolute Gasteiger partial charge is 0.322 e. The summed E-state index contributed by atoms with van der Waals surface area (Å²) in [5, 5.41) is 3.26. The molecule has 0 spiro atoms. The second kappa shape index (κ2) is 7.80. The van der Waals surface area contributed by atoms with Crippen molar-refractivity contribution in [2.24, 2.45) is 0 Å². The van der Waals surface area contributed by atoms with Gasteiger partial charge >= 0.3 is 0 Å². The zero-order valence-electron chi connectivity index (χ0n) is 14.0. The van der Waals surface area contributed by atoms with Gasteiger partial charge in [0.15, 0.2) is 0 Å². The summed E-state index contributed by atoms with van der Waals surface area (Å²) in [6.07, 6.45) is 2.86. The number of para-hydroxylation sites is 1. The summed E-state index contributed by atoms with van der Waals surface area (Å²) in [4.78, 5) is 30.6. The number of carbonyl (C=O) groups is 2. The van der Waals surface area contributed by atoms with E-state index >= 15 is 0 Å². The minimum Gasteiger partial charge on any atom is -0.322 e. The molecule has 3 rings (SSSR count). The first-order valence-corrected chi connectivity index (χ1v) is 8.27. The molecule has 0 aliphatic heterocycles. The molecule has 0 bridgehead atoms. The van der Waals surface area contributed by atoms with E-state index in [2.05, 4.69) is 10.3 Å². The van der Waals surface area contributed by atoms with Crippen LogP contribution in [0.1, 0.15) is 20.7 Å². The third-order valence-electron chi connectivity index (χ3n) is 3.78. The monoisotopic (exact) mass is 365 g/mol. The molecule has 0 atom stereocenters. The normalized spacial score (nSPS) is 10.2. The van der Waals surface area contributed by atoms with Gasteiger partial charge in [0.2, 0.25) is 0 Å². The Morgan fingerprint density at radius 3 is 2.42 bits per heavy atom. The van der Waals surface area contributed by atoms with Gasteiger partial charge in [0.1, 0.15) is 0 Å². The zero-order valence-corrected chi connectivity index (χ0v) is 14.8. The minimum absolute atomic E-state index is 0.249. The predicted molar refractivity (Wildman–Crippen MR) is 103 cm³/mol. The number of anilines is 2. The molecule has 0 aliphatic carbocycles. The lowest BCUT2D eigenvalue weighted by Crippen LogP contribution is -2.26. The van der Waals surface area contributed by atoms with Crippen LogP contribution in [0.2, 0.25) is 5.02 Å². The van der Waals surface area contributed by atoms with Gasteiger partial charge in [-0.2, -0.15) is 0 Å². The third kappa shape index (κ3) is 4.07. The maximum atomic E-state index is 12.7. The van der Waals surface area contributed by atoms with Crippen molar-refractivity contribution in [1.29, 1.82) is 0 Å². The predicted octanol–water partition coefficient (Wildman–Crippen LogP) is 4.26. The Labute approximate surface area is 156 Å². The van der Waals surface area contributed by atoms with E-state index in [9.17, 15) is 9.59 Å². The summed E-state index contributed by atoms with van der Waals surface area (Å²) in [6.45, 7) is 0. The molecule has 130 valence electrons. The van der Waals surface area contributed by atoms with Gasteiger partial charge in [-0.3, -0.25) is 14.6 Å². The van der Waals surface area contributed by atoms with Crippen LogP contribution in [-0.2, 0) is 0 Å². The van der Waals surface area contributed by atoms with Crippen LogP contribution in [0, 0.1) is 0 Å². The molecule has 0 radical (unpaired) electrons. The fourth-order valence-electron chi connectivity index (χ4n) is 2.41. The van der Waals surface area contributed by atoms with Crippen LogP contribution in [0.3, 0.4) is 0 Å². The molecular weight excluding hydrogens is 350 g/mol. The van der Waals surface area contributed by atoms with E-state index in [4.69, 9.17) is 11.6 Å². The highest BCUT2D eigenvalue weighted by Gasteiger charge is 2.16. The molecule has 0 saturated carbocycles. The summed E-state index contributed by atoms with van der Waals surface area (Å²) >= 11 is 5.92. The van der Waals surface area contributed by atoms with Crippen molar-refractivity contribution in [1.82, 2.24) is 4.98 Å². The number of carbonyl (C=O) groups excluding carboxylic acids is 2. The van der Waals surface area contributed by atoms with Gasteiger partial charge in [-0.05, 0) is 36.4 Å². The highest BCUT2D eigenvalue weighted by Crippen LogP contribution is 2.17. The molecule has 0 unspecified atom stereocenters. The van der Waals surface area contributed by atoms with Crippen LogP contribution in [0.15, 0.2) is 73.1 Å². The highest BCUT2D eigenvalue weighted by molar-refractivity contribution is 6.31. The van der Waals surface area contributed by atoms with E-state index in [1.165, 1.54) is 23.4 Å². The Balaban J connectivity index is 1.79. The average Bonchev–Trinajstić information content (AvgIpc) is 2.67. The second-order valence-corrected chi connectivity index (χ2v) is 6.06. The molecule has 5 nitrogen and oxygen atoms in total. The van der Waals surface area contributed by atoms with Crippen molar-refractivity contribution in [2.75, 3.05) is 17.3 Å². The van der Waals surface area contributed by atoms with E-state index in [1.807, 2.05) is 30.3 Å². The van der Waals surface area contributed by atoms with Crippen molar-refractivity contribution >= 4 is 34.8 Å². The van der Waals surface area contributed by atoms with E-state index in [-0.39, 0.29) is 17.4 Å². The number of nitrogens with one attached hydrogen (secondary N) is 1. The van der Waals surface area contributed by atoms with Crippen molar-refractivity contribution in [3.8, 4) is 0 Å². The SMILES string of the molecule is CN(C(=O)c1cncc(C(=O)Nc2cccc(Cl)c2)c1)c1ccccc1. The zero-order chi connectivity index (χ0) is 18.5. The Kier molecular flexibility index (Phi) is 5.29. The second-order valence-electron chi connectivity index (χ2n) is 5.63. The van der Waals surface area contributed by atoms with Crippen molar-refractivity contribution in [2.45, 2.75) is 0 Å². The van der Waals surface area contributed by atoms with Gasteiger partial charge in [0.05, 0.1) is 11.1 Å². The molecule has 0 saturated heterocycles. The number of hydrogen-bond acceptors (Lipinski definition) is 3. The van der Waals surface area contributed by atoms with Crippen LogP contribution < -0.4 is 10.2 Å². The lowest BCUT2D eigenvalue weighted by Gasteiger charge is -2.17. The number of pyridine rings is 1. The lowest BCUT2D eigenvalue weighted by atomic mass is 10.1. The molecule has 2 amide bonds. The van der Waals surface area contributed by atoms with Crippen LogP contribution in [-0.4, -0.2) is 23.8 Å². The van der Waals surface area contributed by atoms with Crippen molar-refractivity contribution in [3.63, 3.8) is 0 Å². The highest BCUT2D eigenvalue weighted by atomic mass is 35.5. The fraction of sp³-hybridized carbons (Fsp3) is 0.0500. The Morgan fingerprint density at radius 2 is 1.69 bits per heavy atom. The maximum Gasteiger partial charge on any atom is 0.259 e. The molecule has 1 N–H and O–H groups in total. The molecule has 0 fully saturated rings. The summed E-state index contributed by atoms with van der Waals surface area (Å²) in [6, 6.07) is 17.6. The number of halogens is 1. The molecular formula is C20H16ClN3O2. The van der Waals surface area contributed by atoms with Crippen LogP contribution in [0.5, 0.6) is 0 Å². The number of benzene rings is 2. The number of hydrogen-bond donors (Lipinski definition) is 1. The van der Waals surface area contributed by atoms with E-state index in [1.54, 1.807) is 31.3 Å². The van der Waals surface area contributed by atoms with E-state index in [0.29, 0.717) is 16.3 Å². The Morgan fingerprint density at radius 1 is 0.962 bits per heavy atom. The van der Waals surface area contributed by atoms with Crippen molar-refractivity contribution < 1.29 is 9.59 Å². The van der Waals surface area contributed by atoms with Gasteiger partial charge in [0, 0.05) is 35.8 Å². The molecule has 1 aromatic heterocycles. The average molecular weight is 366 g/mol. The molecule has 2 aromatic carbocycles. The number of rotatable bonds is 4. The molecule has 26 heavy (non-hydrogen) atoms. The van der Waals surface area contributed by atoms with Gasteiger partial charge < -0.3 is 10.2 Å². The van der Waals surface area contributed by atoms with Crippen molar-refractivity contribution in [3.05, 3.63) is 89.2 Å². The van der Waals surface area contributed by atoms with Gasteiger partial charge in [-0.1, -0.05) is 35.9 Å². The first-order chi connectivity index (χ1) is 12.5. The smallest absolute Gasteiger partial charge is 0.259 e. The lowest BCUT2D eigenvalue weighted by molar-refractivity contribution is 0.0992. The van der Waals surface area contributed by atoms with Gasteiger partial charge in [0.25, 0.3) is 11.8 Å². The van der Waals surface area contributed by atoms with E-state index in [0.717, 1.165) is 5.69 Å². The van der Waals surface area contributed by atoms with Gasteiger partial charge in [-0.15, -0.1) is 0 Å². The Hall–Kier alpha value is -3.18. The fourth-order valence-corrected chi connectivity index (χ4v) is 2.60. The number of nitrogens with zero attached hydrogens (tertiary/aromatic N) is 2. The first kappa shape index (κ1) is 17.6. The number of aromatic nitrogens is 1. The van der Waals surface area contributed by atoms with Gasteiger partial charge in [-0.25, -0.2) is 0 Å². The first-order valence-electron chi connectivity index (χ1n) is 7.89. The Bertz CT molecular complexity index is 945. The standard InChI is InChI=1S/C20H16ClN3O2/c1-24(18-8-3-2-4-9-18)20(26)15-10-14(12-22-13-15)19(25)23-17-7-5-6-16(21)11-17/h2-13H,1H3,(H,23,25). The minimum atomic E-state index is -0.364. The summed E-state index contributed by atoms with van der Waals surface area (Å²) in [5.41, 5.74) is 1.94. The van der Waals surface area contributed by atoms with E-state index < -0.39 is 0 Å². The summed E-state index contributed by atoms with van der Waals surface area (Å²) < 4.78 is 0. The maximum absolute atomic E-state index is 12.7. The molecule has 0 aliphatic rings. The van der Waals surface area contributed by atoms with Crippen LogP contribution >= 0.6 is 11.6 Å². The third-order valence-corrected chi connectivity index (χ3v) is 4.01. The molecule has 1 heterocycles. The van der Waals surface area contributed by atoms with Crippen LogP contribution in [0.4, 0.5) is 11.4 Å². The molecule has 6 heteroatoms. The summed E-state index contributed by atoms with van der Waals surface area (Å²) in [7, 11) is 1.68.